The molecule has 0 atom stereocenters. The van der Waals surface area contributed by atoms with Gasteiger partial charge in [-0.1, -0.05) is 13.0 Å². The summed E-state index contributed by atoms with van der Waals surface area (Å²) in [7, 11) is 0. The minimum absolute atomic E-state index is 0.137. The molecule has 0 aromatic heterocycles. The quantitative estimate of drug-likeness (QED) is 0.865. The van der Waals surface area contributed by atoms with Crippen LogP contribution in [0.5, 0.6) is 0 Å². The molecule has 0 radical (unpaired) electrons. The number of hydrogen-bond donors (Lipinski definition) is 1. The van der Waals surface area contributed by atoms with Gasteiger partial charge in [0.15, 0.2) is 0 Å². The predicted molar refractivity (Wildman–Crippen MR) is 66.8 cm³/mol. The van der Waals surface area contributed by atoms with Crippen LogP contribution in [-0.4, -0.2) is 32.8 Å². The van der Waals surface area contributed by atoms with E-state index in [-0.39, 0.29) is 5.82 Å². The molecule has 1 aliphatic heterocycles. The lowest BCUT2D eigenvalue weighted by atomic mass is 10.1. The Balaban J connectivity index is 2.07. The highest BCUT2D eigenvalue weighted by Gasteiger charge is 2.14. The predicted octanol–water partition coefficient (Wildman–Crippen LogP) is 1.77. The van der Waals surface area contributed by atoms with E-state index in [9.17, 15) is 4.39 Å². The molecule has 17 heavy (non-hydrogen) atoms. The lowest BCUT2D eigenvalue weighted by Crippen LogP contribution is -2.36. The molecule has 3 nitrogen and oxygen atoms in total. The summed E-state index contributed by atoms with van der Waals surface area (Å²) in [6, 6.07) is 5.47. The molecule has 0 bridgehead atoms. The number of anilines is 1. The van der Waals surface area contributed by atoms with Gasteiger partial charge in [-0.3, -0.25) is 0 Å². The maximum absolute atomic E-state index is 14.0. The van der Waals surface area contributed by atoms with Crippen LogP contribution in [0.1, 0.15) is 12.5 Å². The van der Waals surface area contributed by atoms with Crippen molar-refractivity contribution in [3.63, 3.8) is 0 Å². The third kappa shape index (κ3) is 3.17. The molecule has 1 N–H and O–H groups in total. The van der Waals surface area contributed by atoms with Crippen molar-refractivity contribution >= 4 is 5.69 Å². The van der Waals surface area contributed by atoms with Crippen LogP contribution >= 0.6 is 0 Å². The van der Waals surface area contributed by atoms with Crippen molar-refractivity contribution in [3.8, 4) is 0 Å². The van der Waals surface area contributed by atoms with Crippen LogP contribution < -0.4 is 10.2 Å². The van der Waals surface area contributed by atoms with Crippen molar-refractivity contribution in [3.05, 3.63) is 29.6 Å². The van der Waals surface area contributed by atoms with E-state index in [0.29, 0.717) is 18.9 Å². The number of hydrogen-bond acceptors (Lipinski definition) is 3. The zero-order valence-electron chi connectivity index (χ0n) is 10.2. The Morgan fingerprint density at radius 3 is 2.76 bits per heavy atom. The molecule has 2 rings (SSSR count). The Morgan fingerprint density at radius 1 is 1.35 bits per heavy atom. The molecule has 0 spiro atoms. The van der Waals surface area contributed by atoms with Gasteiger partial charge in [0.25, 0.3) is 0 Å². The monoisotopic (exact) mass is 238 g/mol. The van der Waals surface area contributed by atoms with E-state index in [2.05, 4.69) is 5.32 Å². The van der Waals surface area contributed by atoms with E-state index in [0.717, 1.165) is 31.7 Å². The molecule has 1 aliphatic rings. The highest BCUT2D eigenvalue weighted by atomic mass is 19.1. The molecular formula is C13H19FN2O. The number of halogens is 1. The van der Waals surface area contributed by atoms with Crippen LogP contribution in [-0.2, 0) is 11.3 Å². The Kier molecular flexibility index (Phi) is 4.34. The molecule has 4 heteroatoms. The Bertz CT molecular complexity index is 364. The average Bonchev–Trinajstić information content (AvgIpc) is 2.37. The SMILES string of the molecule is CCNCc1ccc(N2CCOCC2)c(F)c1. The van der Waals surface area contributed by atoms with Gasteiger partial charge in [0.1, 0.15) is 5.82 Å². The van der Waals surface area contributed by atoms with E-state index < -0.39 is 0 Å². The van der Waals surface area contributed by atoms with E-state index in [1.54, 1.807) is 6.07 Å². The maximum Gasteiger partial charge on any atom is 0.146 e. The number of nitrogens with zero attached hydrogens (tertiary/aromatic N) is 1. The normalized spacial score (nSPS) is 16.2. The van der Waals surface area contributed by atoms with Crippen LogP contribution in [0, 0.1) is 5.82 Å². The van der Waals surface area contributed by atoms with Gasteiger partial charge in [-0.2, -0.15) is 0 Å². The van der Waals surface area contributed by atoms with Crippen molar-refractivity contribution in [2.24, 2.45) is 0 Å². The number of benzene rings is 1. The fraction of sp³-hybridized carbons (Fsp3) is 0.538. The smallest absolute Gasteiger partial charge is 0.146 e. The lowest BCUT2D eigenvalue weighted by Gasteiger charge is -2.29. The summed E-state index contributed by atoms with van der Waals surface area (Å²) in [6.45, 7) is 6.55. The van der Waals surface area contributed by atoms with Crippen molar-refractivity contribution in [2.45, 2.75) is 13.5 Å². The van der Waals surface area contributed by atoms with E-state index >= 15 is 0 Å². The molecule has 0 amide bonds. The van der Waals surface area contributed by atoms with Crippen LogP contribution in [0.4, 0.5) is 10.1 Å². The number of nitrogens with one attached hydrogen (secondary N) is 1. The third-order valence-corrected chi connectivity index (χ3v) is 2.94. The Morgan fingerprint density at radius 2 is 2.12 bits per heavy atom. The lowest BCUT2D eigenvalue weighted by molar-refractivity contribution is 0.122. The van der Waals surface area contributed by atoms with Crippen LogP contribution in [0.25, 0.3) is 0 Å². The molecule has 1 saturated heterocycles. The van der Waals surface area contributed by atoms with Crippen molar-refractivity contribution in [1.82, 2.24) is 5.32 Å². The first-order chi connectivity index (χ1) is 8.31. The molecular weight excluding hydrogens is 219 g/mol. The highest BCUT2D eigenvalue weighted by molar-refractivity contribution is 5.49. The number of rotatable bonds is 4. The van der Waals surface area contributed by atoms with Crippen molar-refractivity contribution < 1.29 is 9.13 Å². The number of morpholine rings is 1. The van der Waals surface area contributed by atoms with Crippen LogP contribution in [0.3, 0.4) is 0 Å². The molecule has 1 aromatic rings. The standard InChI is InChI=1S/C13H19FN2O/c1-2-15-10-11-3-4-13(12(14)9-11)16-5-7-17-8-6-16/h3-4,9,15H,2,5-8,10H2,1H3. The van der Waals surface area contributed by atoms with Gasteiger partial charge in [0, 0.05) is 19.6 Å². The maximum atomic E-state index is 14.0. The summed E-state index contributed by atoms with van der Waals surface area (Å²) < 4.78 is 19.2. The van der Waals surface area contributed by atoms with Gasteiger partial charge in [0.05, 0.1) is 18.9 Å². The van der Waals surface area contributed by atoms with Gasteiger partial charge < -0.3 is 15.0 Å². The molecule has 1 fully saturated rings. The summed E-state index contributed by atoms with van der Waals surface area (Å²) >= 11 is 0. The van der Waals surface area contributed by atoms with Crippen molar-refractivity contribution in [2.75, 3.05) is 37.7 Å². The van der Waals surface area contributed by atoms with Gasteiger partial charge in [0.2, 0.25) is 0 Å². The highest BCUT2D eigenvalue weighted by Crippen LogP contribution is 2.21. The molecule has 0 aliphatic carbocycles. The Labute approximate surface area is 102 Å². The largest absolute Gasteiger partial charge is 0.378 e. The first-order valence-corrected chi connectivity index (χ1v) is 6.13. The summed E-state index contributed by atoms with van der Waals surface area (Å²) in [5.41, 5.74) is 1.68. The fourth-order valence-corrected chi connectivity index (χ4v) is 1.99. The van der Waals surface area contributed by atoms with Gasteiger partial charge >= 0.3 is 0 Å². The fourth-order valence-electron chi connectivity index (χ4n) is 1.99. The third-order valence-electron chi connectivity index (χ3n) is 2.94. The second kappa shape index (κ2) is 5.98. The van der Waals surface area contributed by atoms with E-state index in [4.69, 9.17) is 4.74 Å². The van der Waals surface area contributed by atoms with Gasteiger partial charge in [-0.05, 0) is 24.2 Å². The summed E-state index contributed by atoms with van der Waals surface area (Å²) in [4.78, 5) is 2.04. The average molecular weight is 238 g/mol. The molecule has 1 heterocycles. The molecule has 0 saturated carbocycles. The van der Waals surface area contributed by atoms with E-state index in [1.807, 2.05) is 24.0 Å². The van der Waals surface area contributed by atoms with E-state index in [1.165, 1.54) is 0 Å². The first kappa shape index (κ1) is 12.3. The topological polar surface area (TPSA) is 24.5 Å². The zero-order chi connectivity index (χ0) is 12.1. The minimum Gasteiger partial charge on any atom is -0.378 e. The van der Waals surface area contributed by atoms with Gasteiger partial charge in [-0.25, -0.2) is 4.39 Å². The van der Waals surface area contributed by atoms with Gasteiger partial charge in [-0.15, -0.1) is 0 Å². The summed E-state index contributed by atoms with van der Waals surface area (Å²) in [5, 5.41) is 3.19. The van der Waals surface area contributed by atoms with Crippen molar-refractivity contribution in [1.29, 1.82) is 0 Å². The Hall–Kier alpha value is -1.13. The first-order valence-electron chi connectivity index (χ1n) is 6.13. The molecule has 94 valence electrons. The zero-order valence-corrected chi connectivity index (χ0v) is 10.2. The number of ether oxygens (including phenoxy) is 1. The molecule has 1 aromatic carbocycles. The van der Waals surface area contributed by atoms with Crippen LogP contribution in [0.2, 0.25) is 0 Å². The molecule has 0 unspecified atom stereocenters. The summed E-state index contributed by atoms with van der Waals surface area (Å²) in [6.07, 6.45) is 0. The second-order valence-corrected chi connectivity index (χ2v) is 4.17. The minimum atomic E-state index is -0.137. The summed E-state index contributed by atoms with van der Waals surface area (Å²) in [5.74, 6) is -0.137. The van der Waals surface area contributed by atoms with Crippen LogP contribution in [0.15, 0.2) is 18.2 Å². The second-order valence-electron chi connectivity index (χ2n) is 4.17.